The van der Waals surface area contributed by atoms with E-state index in [2.05, 4.69) is 152 Å². The lowest BCUT2D eigenvalue weighted by atomic mass is 10.0. The van der Waals surface area contributed by atoms with E-state index in [0.717, 1.165) is 76.8 Å². The molecule has 8 aromatic carbocycles. The van der Waals surface area contributed by atoms with Gasteiger partial charge in [-0.15, -0.1) is 0 Å². The molecule has 0 saturated heterocycles. The average Bonchev–Trinajstić information content (AvgIpc) is 3.86. The summed E-state index contributed by atoms with van der Waals surface area (Å²) in [5.74, 6) is 0. The van der Waals surface area contributed by atoms with Gasteiger partial charge in [0, 0.05) is 43.7 Å². The molecule has 0 spiro atoms. The Bertz CT molecular complexity index is 3290. The quantitative estimate of drug-likeness (QED) is 0.172. The molecule has 53 heavy (non-hydrogen) atoms. The van der Waals surface area contributed by atoms with E-state index in [0.29, 0.717) is 16.9 Å². The first kappa shape index (κ1) is 29.2. The summed E-state index contributed by atoms with van der Waals surface area (Å²) in [6, 6.07) is 59.4. The van der Waals surface area contributed by atoms with E-state index in [1.807, 2.05) is 36.4 Å². The Balaban J connectivity index is 1.22. The number of hydrogen-bond acceptors (Lipinski definition) is 1. The van der Waals surface area contributed by atoms with Gasteiger partial charge in [-0.1, -0.05) is 103 Å². The Morgan fingerprint density at radius 3 is 1.51 bits per heavy atom. The zero-order chi connectivity index (χ0) is 35.2. The molecule has 0 saturated carbocycles. The molecule has 0 bridgehead atoms. The van der Waals surface area contributed by atoms with Crippen LogP contribution in [0.2, 0.25) is 0 Å². The number of fused-ring (bicyclic) bond motifs is 11. The molecule has 3 aromatic heterocycles. The fraction of sp³-hybridized carbons (Fsp3) is 0. The van der Waals surface area contributed by atoms with E-state index in [4.69, 9.17) is 6.57 Å². The summed E-state index contributed by atoms with van der Waals surface area (Å²) in [6.45, 7) is 8.46. The van der Waals surface area contributed by atoms with Crippen molar-refractivity contribution in [1.29, 1.82) is 5.26 Å². The minimum atomic E-state index is 0.420. The number of hydrogen-bond donors (Lipinski definition) is 0. The van der Waals surface area contributed by atoms with Gasteiger partial charge in [0.15, 0.2) is 0 Å². The molecular formula is C48H27N5. The maximum Gasteiger partial charge on any atom is 0.214 e. The van der Waals surface area contributed by atoms with Crippen LogP contribution in [0.3, 0.4) is 0 Å². The van der Waals surface area contributed by atoms with Crippen LogP contribution in [0.4, 0.5) is 5.69 Å². The van der Waals surface area contributed by atoms with Gasteiger partial charge in [-0.2, -0.15) is 5.26 Å². The van der Waals surface area contributed by atoms with Crippen LogP contribution < -0.4 is 0 Å². The first-order valence-electron chi connectivity index (χ1n) is 17.6. The first-order chi connectivity index (χ1) is 26.2. The van der Waals surface area contributed by atoms with Gasteiger partial charge in [-0.25, -0.2) is 4.85 Å². The highest BCUT2D eigenvalue weighted by Gasteiger charge is 2.22. The maximum absolute atomic E-state index is 10.8. The van der Waals surface area contributed by atoms with E-state index in [1.54, 1.807) is 0 Å². The van der Waals surface area contributed by atoms with Crippen molar-refractivity contribution in [1.82, 2.24) is 13.7 Å². The summed E-state index contributed by atoms with van der Waals surface area (Å²) in [5, 5.41) is 20.0. The van der Waals surface area contributed by atoms with Crippen LogP contribution in [0, 0.1) is 17.9 Å². The van der Waals surface area contributed by atoms with Crippen molar-refractivity contribution in [3.63, 3.8) is 0 Å². The van der Waals surface area contributed by atoms with Gasteiger partial charge in [0.2, 0.25) is 5.69 Å². The molecule has 0 aliphatic rings. The van der Waals surface area contributed by atoms with Crippen LogP contribution in [0.25, 0.3) is 98.1 Å². The molecule has 0 atom stereocenters. The number of aromatic nitrogens is 3. The standard InChI is InChI=1S/C48H27N5/c1-50-40-28-33(26-31(29-49)48(40)53-43-20-10-6-16-37(43)38-17-7-11-21-44(38)53)52-45-25-23-32(27-39(45)47-34-13-3-2-12-30(34)22-24-46(47)52)51-41-18-8-4-14-35(41)36-15-5-9-19-42(36)51/h2-28H. The van der Waals surface area contributed by atoms with Crippen LogP contribution in [0.5, 0.6) is 0 Å². The third kappa shape index (κ3) is 3.99. The van der Waals surface area contributed by atoms with Crippen molar-refractivity contribution < 1.29 is 0 Å². The summed E-state index contributed by atoms with van der Waals surface area (Å²) in [4.78, 5) is 4.10. The zero-order valence-corrected chi connectivity index (χ0v) is 28.3. The Kier molecular flexibility index (Phi) is 6.02. The topological polar surface area (TPSA) is 42.9 Å². The SMILES string of the molecule is [C-]#[N+]c1cc(-n2c3ccc(-n4c5ccccc5c5ccccc54)cc3c3c4ccccc4ccc32)cc(C#N)c1-n1c2ccccc2c2ccccc21. The van der Waals surface area contributed by atoms with Gasteiger partial charge in [0.25, 0.3) is 0 Å². The number of nitrogens with zero attached hydrogens (tertiary/aromatic N) is 5. The number of para-hydroxylation sites is 4. The summed E-state index contributed by atoms with van der Waals surface area (Å²) < 4.78 is 6.65. The molecule has 5 nitrogen and oxygen atoms in total. The normalized spacial score (nSPS) is 11.7. The third-order valence-corrected chi connectivity index (χ3v) is 10.9. The third-order valence-electron chi connectivity index (χ3n) is 10.9. The maximum atomic E-state index is 10.8. The highest BCUT2D eigenvalue weighted by molar-refractivity contribution is 6.22. The molecule has 0 fully saturated rings. The van der Waals surface area contributed by atoms with Gasteiger partial charge in [-0.05, 0) is 71.4 Å². The average molecular weight is 674 g/mol. The molecule has 11 rings (SSSR count). The van der Waals surface area contributed by atoms with Crippen molar-refractivity contribution >= 4 is 81.9 Å². The summed E-state index contributed by atoms with van der Waals surface area (Å²) in [5.41, 5.74) is 9.57. The zero-order valence-electron chi connectivity index (χ0n) is 28.3. The Labute approximate surface area is 303 Å². The minimum Gasteiger partial charge on any atom is -0.318 e. The molecule has 3 heterocycles. The molecule has 0 N–H and O–H groups in total. The summed E-state index contributed by atoms with van der Waals surface area (Å²) in [6.07, 6.45) is 0. The van der Waals surface area contributed by atoms with Gasteiger partial charge in [0.05, 0.1) is 50.9 Å². The molecule has 244 valence electrons. The monoisotopic (exact) mass is 673 g/mol. The molecule has 5 heteroatoms. The van der Waals surface area contributed by atoms with Gasteiger partial charge in [-0.3, -0.25) is 0 Å². The van der Waals surface area contributed by atoms with Crippen molar-refractivity contribution in [2.75, 3.05) is 0 Å². The van der Waals surface area contributed by atoms with Crippen LogP contribution in [0.15, 0.2) is 164 Å². The number of benzene rings is 8. The second kappa shape index (κ2) is 10.9. The number of rotatable bonds is 3. The van der Waals surface area contributed by atoms with E-state index in [9.17, 15) is 5.26 Å². The van der Waals surface area contributed by atoms with Crippen molar-refractivity contribution in [3.05, 3.63) is 181 Å². The van der Waals surface area contributed by atoms with E-state index in [1.165, 1.54) is 10.8 Å². The fourth-order valence-corrected chi connectivity index (χ4v) is 8.70. The molecule has 11 aromatic rings. The second-order valence-electron chi connectivity index (χ2n) is 13.5. The molecule has 0 aliphatic carbocycles. The highest BCUT2D eigenvalue weighted by Crippen LogP contribution is 2.43. The summed E-state index contributed by atoms with van der Waals surface area (Å²) in [7, 11) is 0. The van der Waals surface area contributed by atoms with Crippen LogP contribution in [0.1, 0.15) is 5.56 Å². The highest BCUT2D eigenvalue weighted by atomic mass is 15.0. The van der Waals surface area contributed by atoms with Crippen LogP contribution in [-0.2, 0) is 0 Å². The second-order valence-corrected chi connectivity index (χ2v) is 13.5. The van der Waals surface area contributed by atoms with E-state index < -0.39 is 0 Å². The van der Waals surface area contributed by atoms with Gasteiger partial charge in [0.1, 0.15) is 6.07 Å². The van der Waals surface area contributed by atoms with Crippen molar-refractivity contribution in [2.45, 2.75) is 0 Å². The molecule has 0 radical (unpaired) electrons. The molecule has 0 unspecified atom stereocenters. The largest absolute Gasteiger partial charge is 0.318 e. The van der Waals surface area contributed by atoms with Gasteiger partial charge >= 0.3 is 0 Å². The Morgan fingerprint density at radius 1 is 0.434 bits per heavy atom. The lowest BCUT2D eigenvalue weighted by Gasteiger charge is -2.16. The lowest BCUT2D eigenvalue weighted by molar-refractivity contribution is 1.14. The molecular weight excluding hydrogens is 647 g/mol. The van der Waals surface area contributed by atoms with Crippen LogP contribution >= 0.6 is 0 Å². The van der Waals surface area contributed by atoms with Gasteiger partial charge < -0.3 is 13.7 Å². The molecule has 0 aliphatic heterocycles. The Hall–Kier alpha value is -7.60. The predicted molar refractivity (Wildman–Crippen MR) is 218 cm³/mol. The first-order valence-corrected chi connectivity index (χ1v) is 17.6. The Morgan fingerprint density at radius 2 is 0.925 bits per heavy atom. The minimum absolute atomic E-state index is 0.420. The lowest BCUT2D eigenvalue weighted by Crippen LogP contribution is -2.02. The predicted octanol–water partition coefficient (Wildman–Crippen LogP) is 12.6. The summed E-state index contributed by atoms with van der Waals surface area (Å²) >= 11 is 0. The van der Waals surface area contributed by atoms with Crippen molar-refractivity contribution in [2.24, 2.45) is 0 Å². The van der Waals surface area contributed by atoms with Crippen molar-refractivity contribution in [3.8, 4) is 23.1 Å². The molecule has 0 amide bonds. The number of nitriles is 1. The van der Waals surface area contributed by atoms with E-state index >= 15 is 0 Å². The van der Waals surface area contributed by atoms with Crippen LogP contribution in [-0.4, -0.2) is 13.7 Å². The smallest absolute Gasteiger partial charge is 0.214 e. The van der Waals surface area contributed by atoms with E-state index in [-0.39, 0.29) is 0 Å². The fourth-order valence-electron chi connectivity index (χ4n) is 8.70.